The molecule has 0 aromatic heterocycles. The molecule has 5 nitrogen and oxygen atoms in total. The lowest BCUT2D eigenvalue weighted by molar-refractivity contribution is -0.120. The Morgan fingerprint density at radius 2 is 1.88 bits per heavy atom. The van der Waals surface area contributed by atoms with Crippen LogP contribution < -0.4 is 10.2 Å². The summed E-state index contributed by atoms with van der Waals surface area (Å²) in [6.07, 6.45) is 0.801. The summed E-state index contributed by atoms with van der Waals surface area (Å²) in [4.78, 5) is 32.1. The standard InChI is InChI=1S/C26H24ClN3O2/c1-3-18-11-7-8-17(2)25(18)29-23(31)16-30-22-13-12-20(27)14-21(22)26(28-15-24(30)32)19-9-5-4-6-10-19/h4-14H,3,15-16H2,1-2H3,(H,29,31). The Morgan fingerprint density at radius 3 is 2.62 bits per heavy atom. The largest absolute Gasteiger partial charge is 0.324 e. The maximum atomic E-state index is 13.0. The molecule has 4 rings (SSSR count). The average molecular weight is 446 g/mol. The number of nitrogens with one attached hydrogen (secondary N) is 1. The number of nitrogens with zero attached hydrogens (tertiary/aromatic N) is 2. The van der Waals surface area contributed by atoms with E-state index in [2.05, 4.69) is 10.3 Å². The van der Waals surface area contributed by atoms with E-state index >= 15 is 0 Å². The van der Waals surface area contributed by atoms with Gasteiger partial charge in [-0.1, -0.05) is 67.1 Å². The molecular weight excluding hydrogens is 422 g/mol. The maximum absolute atomic E-state index is 13.0. The van der Waals surface area contributed by atoms with Gasteiger partial charge in [0.25, 0.3) is 0 Å². The van der Waals surface area contributed by atoms with E-state index in [1.807, 2.05) is 62.4 Å². The van der Waals surface area contributed by atoms with Crippen molar-refractivity contribution in [3.05, 3.63) is 94.0 Å². The zero-order chi connectivity index (χ0) is 22.7. The van der Waals surface area contributed by atoms with Crippen molar-refractivity contribution in [1.82, 2.24) is 0 Å². The number of carbonyl (C=O) groups excluding carboxylic acids is 2. The molecule has 0 saturated carbocycles. The molecule has 32 heavy (non-hydrogen) atoms. The summed E-state index contributed by atoms with van der Waals surface area (Å²) in [5, 5.41) is 3.55. The fraction of sp³-hybridized carbons (Fsp3) is 0.192. The molecule has 1 heterocycles. The fourth-order valence-electron chi connectivity index (χ4n) is 3.93. The molecule has 0 unspecified atom stereocenters. The first-order chi connectivity index (χ1) is 15.5. The van der Waals surface area contributed by atoms with Crippen LogP contribution in [-0.2, 0) is 16.0 Å². The minimum Gasteiger partial charge on any atom is -0.324 e. The van der Waals surface area contributed by atoms with E-state index in [4.69, 9.17) is 11.6 Å². The first kappa shape index (κ1) is 21.8. The Morgan fingerprint density at radius 1 is 1.09 bits per heavy atom. The van der Waals surface area contributed by atoms with Gasteiger partial charge >= 0.3 is 0 Å². The molecule has 0 atom stereocenters. The van der Waals surface area contributed by atoms with E-state index in [0.29, 0.717) is 16.4 Å². The highest BCUT2D eigenvalue weighted by atomic mass is 35.5. The van der Waals surface area contributed by atoms with Crippen molar-refractivity contribution in [2.45, 2.75) is 20.3 Å². The number of amides is 2. The Kier molecular flexibility index (Phi) is 6.37. The summed E-state index contributed by atoms with van der Waals surface area (Å²) in [7, 11) is 0. The molecule has 1 aliphatic rings. The van der Waals surface area contributed by atoms with Crippen molar-refractivity contribution in [2.75, 3.05) is 23.3 Å². The Bertz CT molecular complexity index is 1200. The highest BCUT2D eigenvalue weighted by Gasteiger charge is 2.27. The third kappa shape index (κ3) is 4.43. The van der Waals surface area contributed by atoms with E-state index < -0.39 is 0 Å². The Hall–Kier alpha value is -3.44. The molecule has 1 aliphatic heterocycles. The minimum atomic E-state index is -0.258. The Labute approximate surface area is 192 Å². The molecule has 3 aromatic rings. The third-order valence-corrected chi connectivity index (χ3v) is 5.77. The van der Waals surface area contributed by atoms with Gasteiger partial charge in [-0.05, 0) is 42.7 Å². The molecule has 0 aliphatic carbocycles. The van der Waals surface area contributed by atoms with Crippen molar-refractivity contribution >= 4 is 40.5 Å². The number of anilines is 2. The number of aliphatic imine (C=N–C) groups is 1. The highest BCUT2D eigenvalue weighted by molar-refractivity contribution is 6.32. The molecular formula is C26H24ClN3O2. The lowest BCUT2D eigenvalue weighted by Crippen LogP contribution is -2.39. The van der Waals surface area contributed by atoms with Crippen molar-refractivity contribution in [2.24, 2.45) is 4.99 Å². The number of rotatable bonds is 5. The van der Waals surface area contributed by atoms with Crippen LogP contribution in [0.1, 0.15) is 29.2 Å². The first-order valence-corrected chi connectivity index (χ1v) is 10.9. The quantitative estimate of drug-likeness (QED) is 0.598. The second-order valence-corrected chi connectivity index (χ2v) is 8.12. The van der Waals surface area contributed by atoms with Crippen LogP contribution in [0, 0.1) is 6.92 Å². The van der Waals surface area contributed by atoms with E-state index in [1.165, 1.54) is 4.90 Å². The van der Waals surface area contributed by atoms with Crippen LogP contribution in [0.5, 0.6) is 0 Å². The molecule has 0 fully saturated rings. The summed E-state index contributed by atoms with van der Waals surface area (Å²) in [6, 6.07) is 20.9. The number of carbonyl (C=O) groups is 2. The summed E-state index contributed by atoms with van der Waals surface area (Å²) < 4.78 is 0. The first-order valence-electron chi connectivity index (χ1n) is 10.6. The van der Waals surface area contributed by atoms with E-state index in [9.17, 15) is 9.59 Å². The van der Waals surface area contributed by atoms with E-state index in [1.54, 1.807) is 18.2 Å². The topological polar surface area (TPSA) is 61.8 Å². The SMILES string of the molecule is CCc1cccc(C)c1NC(=O)CN1C(=O)CN=C(c2ccccc2)c2cc(Cl)ccc21. The number of para-hydroxylation sites is 1. The zero-order valence-electron chi connectivity index (χ0n) is 18.1. The number of hydrogen-bond donors (Lipinski definition) is 1. The van der Waals surface area contributed by atoms with E-state index in [0.717, 1.165) is 34.4 Å². The number of aryl methyl sites for hydroxylation is 2. The smallest absolute Gasteiger partial charge is 0.249 e. The number of benzodiazepines with no additional fused rings is 1. The van der Waals surface area contributed by atoms with Gasteiger partial charge in [0.05, 0.1) is 11.4 Å². The minimum absolute atomic E-state index is 0.0472. The van der Waals surface area contributed by atoms with Gasteiger partial charge in [0.15, 0.2) is 0 Å². The predicted octanol–water partition coefficient (Wildman–Crippen LogP) is 5.03. The summed E-state index contributed by atoms with van der Waals surface area (Å²) in [5.74, 6) is -0.499. The molecule has 162 valence electrons. The van der Waals surface area contributed by atoms with Gasteiger partial charge in [-0.15, -0.1) is 0 Å². The van der Waals surface area contributed by atoms with Crippen molar-refractivity contribution in [3.63, 3.8) is 0 Å². The van der Waals surface area contributed by atoms with Crippen LogP contribution in [0.3, 0.4) is 0 Å². The van der Waals surface area contributed by atoms with Gasteiger partial charge in [0.2, 0.25) is 11.8 Å². The lowest BCUT2D eigenvalue weighted by Gasteiger charge is -2.23. The molecule has 1 N–H and O–H groups in total. The van der Waals surface area contributed by atoms with Gasteiger partial charge < -0.3 is 10.2 Å². The summed E-state index contributed by atoms with van der Waals surface area (Å²) in [5.41, 5.74) is 5.78. The predicted molar refractivity (Wildman–Crippen MR) is 130 cm³/mol. The number of hydrogen-bond acceptors (Lipinski definition) is 3. The van der Waals surface area contributed by atoms with Gasteiger partial charge in [-0.3, -0.25) is 14.6 Å². The van der Waals surface area contributed by atoms with Crippen molar-refractivity contribution in [3.8, 4) is 0 Å². The summed E-state index contributed by atoms with van der Waals surface area (Å²) >= 11 is 6.29. The molecule has 3 aromatic carbocycles. The monoisotopic (exact) mass is 445 g/mol. The van der Waals surface area contributed by atoms with Gasteiger partial charge in [-0.25, -0.2) is 0 Å². The van der Waals surface area contributed by atoms with E-state index in [-0.39, 0.29) is 24.9 Å². The van der Waals surface area contributed by atoms with Gasteiger partial charge in [-0.2, -0.15) is 0 Å². The fourth-order valence-corrected chi connectivity index (χ4v) is 4.10. The van der Waals surface area contributed by atoms with Crippen LogP contribution in [-0.4, -0.2) is 30.6 Å². The third-order valence-electron chi connectivity index (χ3n) is 5.53. The number of halogens is 1. The molecule has 0 spiro atoms. The normalized spacial score (nSPS) is 13.3. The highest BCUT2D eigenvalue weighted by Crippen LogP contribution is 2.30. The molecule has 2 amide bonds. The second kappa shape index (κ2) is 9.37. The summed E-state index contributed by atoms with van der Waals surface area (Å²) in [6.45, 7) is 3.85. The molecule has 6 heteroatoms. The maximum Gasteiger partial charge on any atom is 0.249 e. The lowest BCUT2D eigenvalue weighted by atomic mass is 10.00. The average Bonchev–Trinajstić information content (AvgIpc) is 2.92. The molecule has 0 radical (unpaired) electrons. The molecule has 0 saturated heterocycles. The van der Waals surface area contributed by atoms with Crippen molar-refractivity contribution < 1.29 is 9.59 Å². The molecule has 0 bridgehead atoms. The second-order valence-electron chi connectivity index (χ2n) is 7.68. The van der Waals surface area contributed by atoms with Crippen LogP contribution in [0.4, 0.5) is 11.4 Å². The Balaban J connectivity index is 1.68. The zero-order valence-corrected chi connectivity index (χ0v) is 18.8. The van der Waals surface area contributed by atoms with Crippen LogP contribution in [0.2, 0.25) is 5.02 Å². The number of benzene rings is 3. The van der Waals surface area contributed by atoms with Crippen LogP contribution >= 0.6 is 11.6 Å². The van der Waals surface area contributed by atoms with Gasteiger partial charge in [0, 0.05) is 21.8 Å². The van der Waals surface area contributed by atoms with Crippen molar-refractivity contribution in [1.29, 1.82) is 0 Å². The number of fused-ring (bicyclic) bond motifs is 1. The van der Waals surface area contributed by atoms with Gasteiger partial charge in [0.1, 0.15) is 13.1 Å². The van der Waals surface area contributed by atoms with Crippen LogP contribution in [0.15, 0.2) is 71.7 Å². The van der Waals surface area contributed by atoms with Crippen LogP contribution in [0.25, 0.3) is 0 Å².